The van der Waals surface area contributed by atoms with Crippen molar-refractivity contribution < 1.29 is 9.59 Å². The quantitative estimate of drug-likeness (QED) is 0.649. The molecule has 0 radical (unpaired) electrons. The van der Waals surface area contributed by atoms with Crippen molar-refractivity contribution in [1.29, 1.82) is 0 Å². The molecular formula is C25H25N5O2. The highest BCUT2D eigenvalue weighted by atomic mass is 16.2. The lowest BCUT2D eigenvalue weighted by molar-refractivity contribution is 0.0731. The molecule has 1 fully saturated rings. The van der Waals surface area contributed by atoms with Gasteiger partial charge in [0.25, 0.3) is 11.8 Å². The van der Waals surface area contributed by atoms with E-state index >= 15 is 0 Å². The van der Waals surface area contributed by atoms with Gasteiger partial charge in [0.1, 0.15) is 12.1 Å². The molecule has 2 amide bonds. The Hall–Kier alpha value is -3.74. The highest BCUT2D eigenvalue weighted by Crippen LogP contribution is 2.28. The first-order chi connectivity index (χ1) is 15.6. The Bertz CT molecular complexity index is 1170. The molecule has 0 bridgehead atoms. The number of nitrogens with one attached hydrogen (secondary N) is 2. The first-order valence-electron chi connectivity index (χ1n) is 10.9. The van der Waals surface area contributed by atoms with Crippen LogP contribution in [0.15, 0.2) is 54.9 Å². The number of hydrogen-bond acceptors (Lipinski definition) is 5. The SMILES string of the molecule is Cc1ccc(C(=O)NC2CC2)cc1Nc1ncnc2c1CCN(C(=O)c1ccccc1)C2. The van der Waals surface area contributed by atoms with Gasteiger partial charge in [0.05, 0.1) is 12.2 Å². The third-order valence-corrected chi connectivity index (χ3v) is 5.98. The van der Waals surface area contributed by atoms with Crippen LogP contribution >= 0.6 is 0 Å². The molecule has 2 heterocycles. The Balaban J connectivity index is 1.36. The molecule has 1 aliphatic carbocycles. The molecule has 0 spiro atoms. The average Bonchev–Trinajstić information content (AvgIpc) is 3.64. The maximum atomic E-state index is 12.8. The molecule has 2 aliphatic rings. The number of anilines is 2. The van der Waals surface area contributed by atoms with E-state index in [1.807, 2.05) is 60.4 Å². The van der Waals surface area contributed by atoms with E-state index in [1.54, 1.807) is 0 Å². The zero-order valence-electron chi connectivity index (χ0n) is 18.0. The van der Waals surface area contributed by atoms with E-state index in [1.165, 1.54) is 6.33 Å². The molecule has 1 saturated carbocycles. The fraction of sp³-hybridized carbons (Fsp3) is 0.280. The Morgan fingerprint density at radius 3 is 2.62 bits per heavy atom. The minimum absolute atomic E-state index is 0.00888. The molecule has 3 aromatic rings. The topological polar surface area (TPSA) is 87.2 Å². The van der Waals surface area contributed by atoms with E-state index < -0.39 is 0 Å². The van der Waals surface area contributed by atoms with Gasteiger partial charge >= 0.3 is 0 Å². The molecule has 1 aromatic heterocycles. The van der Waals surface area contributed by atoms with Gasteiger partial charge < -0.3 is 15.5 Å². The molecule has 32 heavy (non-hydrogen) atoms. The number of rotatable bonds is 5. The van der Waals surface area contributed by atoms with Crippen LogP contribution in [0.5, 0.6) is 0 Å². The molecule has 162 valence electrons. The summed E-state index contributed by atoms with van der Waals surface area (Å²) in [6.07, 6.45) is 4.30. The molecular weight excluding hydrogens is 402 g/mol. The van der Waals surface area contributed by atoms with Crippen molar-refractivity contribution in [3.05, 3.63) is 82.8 Å². The van der Waals surface area contributed by atoms with Crippen molar-refractivity contribution in [2.75, 3.05) is 11.9 Å². The second-order valence-electron chi connectivity index (χ2n) is 8.39. The van der Waals surface area contributed by atoms with Gasteiger partial charge in [-0.2, -0.15) is 0 Å². The van der Waals surface area contributed by atoms with E-state index in [0.717, 1.165) is 41.2 Å². The minimum Gasteiger partial charge on any atom is -0.349 e. The van der Waals surface area contributed by atoms with Gasteiger partial charge in [0.2, 0.25) is 0 Å². The third kappa shape index (κ3) is 4.19. The highest BCUT2D eigenvalue weighted by molar-refractivity contribution is 5.96. The summed E-state index contributed by atoms with van der Waals surface area (Å²) in [5.74, 6) is 0.689. The monoisotopic (exact) mass is 427 g/mol. The molecule has 5 rings (SSSR count). The fourth-order valence-electron chi connectivity index (χ4n) is 3.92. The zero-order chi connectivity index (χ0) is 22.1. The number of aryl methyl sites for hydroxylation is 1. The first kappa shape index (κ1) is 20.2. The van der Waals surface area contributed by atoms with Crippen molar-refractivity contribution in [3.8, 4) is 0 Å². The Labute approximate surface area is 186 Å². The predicted octanol–water partition coefficient (Wildman–Crippen LogP) is 3.62. The summed E-state index contributed by atoms with van der Waals surface area (Å²) in [5, 5.41) is 6.44. The number of carbonyl (C=O) groups excluding carboxylic acids is 2. The molecule has 0 atom stereocenters. The van der Waals surface area contributed by atoms with Gasteiger partial charge in [-0.15, -0.1) is 0 Å². The third-order valence-electron chi connectivity index (χ3n) is 5.98. The summed E-state index contributed by atoms with van der Waals surface area (Å²) in [7, 11) is 0. The molecule has 1 aliphatic heterocycles. The summed E-state index contributed by atoms with van der Waals surface area (Å²) < 4.78 is 0. The van der Waals surface area contributed by atoms with Crippen molar-refractivity contribution in [2.24, 2.45) is 0 Å². The van der Waals surface area contributed by atoms with E-state index in [9.17, 15) is 9.59 Å². The molecule has 7 heteroatoms. The summed E-state index contributed by atoms with van der Waals surface area (Å²) in [4.78, 5) is 36.0. The van der Waals surface area contributed by atoms with Crippen molar-refractivity contribution >= 4 is 23.3 Å². The van der Waals surface area contributed by atoms with Crippen LogP contribution < -0.4 is 10.6 Å². The van der Waals surface area contributed by atoms with Crippen molar-refractivity contribution in [3.63, 3.8) is 0 Å². The summed E-state index contributed by atoms with van der Waals surface area (Å²) in [5.41, 5.74) is 5.04. The number of fused-ring (bicyclic) bond motifs is 1. The Morgan fingerprint density at radius 1 is 1.03 bits per heavy atom. The number of benzene rings is 2. The number of amides is 2. The minimum atomic E-state index is -0.0460. The van der Waals surface area contributed by atoms with E-state index in [-0.39, 0.29) is 11.8 Å². The summed E-state index contributed by atoms with van der Waals surface area (Å²) >= 11 is 0. The number of hydrogen-bond donors (Lipinski definition) is 2. The average molecular weight is 428 g/mol. The van der Waals surface area contributed by atoms with Crippen molar-refractivity contribution in [2.45, 2.75) is 38.8 Å². The van der Waals surface area contributed by atoms with Crippen LogP contribution in [-0.4, -0.2) is 39.3 Å². The fourth-order valence-corrected chi connectivity index (χ4v) is 3.92. The van der Waals surface area contributed by atoms with Gasteiger partial charge in [-0.3, -0.25) is 9.59 Å². The second kappa shape index (κ2) is 8.42. The number of aromatic nitrogens is 2. The Morgan fingerprint density at radius 2 is 1.84 bits per heavy atom. The maximum absolute atomic E-state index is 12.8. The molecule has 0 unspecified atom stereocenters. The lowest BCUT2D eigenvalue weighted by Gasteiger charge is -2.29. The van der Waals surface area contributed by atoms with Gasteiger partial charge in [-0.1, -0.05) is 24.3 Å². The maximum Gasteiger partial charge on any atom is 0.254 e. The summed E-state index contributed by atoms with van der Waals surface area (Å²) in [6, 6.07) is 15.3. The Kier molecular flexibility index (Phi) is 5.31. The van der Waals surface area contributed by atoms with Crippen LogP contribution in [0.4, 0.5) is 11.5 Å². The molecule has 0 saturated heterocycles. The van der Waals surface area contributed by atoms with Crippen LogP contribution in [0.1, 0.15) is 50.4 Å². The van der Waals surface area contributed by atoms with Gasteiger partial charge in [0, 0.05) is 35.0 Å². The normalized spacial score (nSPS) is 15.1. The smallest absolute Gasteiger partial charge is 0.254 e. The van der Waals surface area contributed by atoms with Crippen LogP contribution in [-0.2, 0) is 13.0 Å². The van der Waals surface area contributed by atoms with Gasteiger partial charge in [0.15, 0.2) is 0 Å². The van der Waals surface area contributed by atoms with Gasteiger partial charge in [-0.25, -0.2) is 9.97 Å². The lowest BCUT2D eigenvalue weighted by atomic mass is 10.0. The van der Waals surface area contributed by atoms with Crippen molar-refractivity contribution in [1.82, 2.24) is 20.2 Å². The highest BCUT2D eigenvalue weighted by Gasteiger charge is 2.26. The molecule has 2 N–H and O–H groups in total. The van der Waals surface area contributed by atoms with Crippen LogP contribution in [0, 0.1) is 6.92 Å². The van der Waals surface area contributed by atoms with E-state index in [0.29, 0.717) is 36.7 Å². The largest absolute Gasteiger partial charge is 0.349 e. The zero-order valence-corrected chi connectivity index (χ0v) is 18.0. The number of nitrogens with zero attached hydrogens (tertiary/aromatic N) is 3. The van der Waals surface area contributed by atoms with E-state index in [2.05, 4.69) is 20.6 Å². The molecule has 7 nitrogen and oxygen atoms in total. The summed E-state index contributed by atoms with van der Waals surface area (Å²) in [6.45, 7) is 3.05. The standard InChI is InChI=1S/C25H25N5O2/c1-16-7-8-18(24(31)28-19-9-10-19)13-21(16)29-23-20-11-12-30(14-22(20)26-15-27-23)25(32)17-5-3-2-4-6-17/h2-8,13,15,19H,9-12,14H2,1H3,(H,28,31)(H,26,27,29). The predicted molar refractivity (Wildman–Crippen MR) is 122 cm³/mol. The van der Waals surface area contributed by atoms with Crippen LogP contribution in [0.25, 0.3) is 0 Å². The number of carbonyl (C=O) groups is 2. The molecule has 2 aromatic carbocycles. The lowest BCUT2D eigenvalue weighted by Crippen LogP contribution is -2.36. The van der Waals surface area contributed by atoms with Crippen LogP contribution in [0.2, 0.25) is 0 Å². The second-order valence-corrected chi connectivity index (χ2v) is 8.39. The van der Waals surface area contributed by atoms with E-state index in [4.69, 9.17) is 0 Å². The van der Waals surface area contributed by atoms with Crippen LogP contribution in [0.3, 0.4) is 0 Å². The first-order valence-corrected chi connectivity index (χ1v) is 10.9. The van der Waals surface area contributed by atoms with Gasteiger partial charge in [-0.05, 0) is 56.0 Å².